The van der Waals surface area contributed by atoms with E-state index in [1.165, 1.54) is 38.4 Å². The summed E-state index contributed by atoms with van der Waals surface area (Å²) in [7, 11) is 0. The van der Waals surface area contributed by atoms with Gasteiger partial charge in [-0.2, -0.15) is 0 Å². The van der Waals surface area contributed by atoms with Gasteiger partial charge in [0, 0.05) is 16.7 Å². The van der Waals surface area contributed by atoms with E-state index in [4.69, 9.17) is 15.0 Å². The molecule has 0 saturated heterocycles. The smallest absolute Gasteiger partial charge is 0.164 e. The zero-order valence-electron chi connectivity index (χ0n) is 23.8. The fraction of sp³-hybridized carbons (Fsp3) is 0. The van der Waals surface area contributed by atoms with Crippen molar-refractivity contribution in [1.29, 1.82) is 0 Å². The van der Waals surface area contributed by atoms with Gasteiger partial charge in [0.05, 0.1) is 0 Å². The average molecular weight is 560 g/mol. The molecule has 0 spiro atoms. The van der Waals surface area contributed by atoms with Crippen LogP contribution in [0.4, 0.5) is 0 Å². The second kappa shape index (κ2) is 9.82. The molecule has 3 heteroatoms. The molecule has 0 unspecified atom stereocenters. The number of fused-ring (bicyclic) bond motifs is 4. The number of hydrogen-bond donors (Lipinski definition) is 0. The van der Waals surface area contributed by atoms with Gasteiger partial charge in [0.25, 0.3) is 0 Å². The van der Waals surface area contributed by atoms with E-state index < -0.39 is 0 Å². The summed E-state index contributed by atoms with van der Waals surface area (Å²) >= 11 is 0. The second-order valence-corrected chi connectivity index (χ2v) is 11.2. The zero-order chi connectivity index (χ0) is 29.0. The highest BCUT2D eigenvalue weighted by Crippen LogP contribution is 2.49. The standard InChI is InChI=1S/C41H25N3/c1-2-11-27(12-3-1)39-42-40(31-15-8-14-29(25-31)30-21-20-26-10-4-5-13-28(26)24-30)44-41(43-39)37-23-22-36-33-17-7-6-16-32(33)34-18-9-19-35(37)38(34)36/h1-25H. The maximum atomic E-state index is 5.14. The first-order valence-corrected chi connectivity index (χ1v) is 14.9. The van der Waals surface area contributed by atoms with Crippen LogP contribution in [0.15, 0.2) is 152 Å². The van der Waals surface area contributed by atoms with E-state index in [9.17, 15) is 0 Å². The van der Waals surface area contributed by atoms with E-state index in [0.717, 1.165) is 33.2 Å². The van der Waals surface area contributed by atoms with Crippen molar-refractivity contribution in [3.63, 3.8) is 0 Å². The molecular weight excluding hydrogens is 534 g/mol. The summed E-state index contributed by atoms with van der Waals surface area (Å²) in [6.07, 6.45) is 0. The second-order valence-electron chi connectivity index (χ2n) is 11.2. The molecule has 0 N–H and O–H groups in total. The normalized spacial score (nSPS) is 11.6. The molecule has 0 bridgehead atoms. The molecule has 9 rings (SSSR count). The average Bonchev–Trinajstić information content (AvgIpc) is 3.43. The van der Waals surface area contributed by atoms with Crippen molar-refractivity contribution in [2.75, 3.05) is 0 Å². The minimum atomic E-state index is 0.656. The van der Waals surface area contributed by atoms with Crippen LogP contribution < -0.4 is 0 Å². The molecule has 1 aliphatic carbocycles. The van der Waals surface area contributed by atoms with E-state index in [0.29, 0.717) is 17.5 Å². The molecule has 0 atom stereocenters. The Morgan fingerprint density at radius 1 is 0.295 bits per heavy atom. The molecular formula is C41H25N3. The summed E-state index contributed by atoms with van der Waals surface area (Å²) in [5.74, 6) is 1.99. The van der Waals surface area contributed by atoms with Gasteiger partial charge >= 0.3 is 0 Å². The number of rotatable bonds is 4. The van der Waals surface area contributed by atoms with Crippen molar-refractivity contribution in [3.8, 4) is 67.5 Å². The molecule has 7 aromatic carbocycles. The fourth-order valence-corrected chi connectivity index (χ4v) is 6.55. The lowest BCUT2D eigenvalue weighted by Gasteiger charge is -2.12. The van der Waals surface area contributed by atoms with Crippen LogP contribution in [0.25, 0.3) is 89.1 Å². The SMILES string of the molecule is c1ccc(-c2nc(-c3cccc(-c4ccc5ccccc5c4)c3)nc(-c3ccc4c5c(cccc35)-c3ccccc3-4)n2)cc1. The predicted molar refractivity (Wildman–Crippen MR) is 181 cm³/mol. The Bertz CT molecular complexity index is 2360. The lowest BCUT2D eigenvalue weighted by atomic mass is 9.98. The van der Waals surface area contributed by atoms with Crippen LogP contribution in [0.1, 0.15) is 0 Å². The number of aromatic nitrogens is 3. The summed E-state index contributed by atoms with van der Waals surface area (Å²) in [5, 5.41) is 4.86. The molecule has 0 radical (unpaired) electrons. The van der Waals surface area contributed by atoms with Crippen LogP contribution in [0.3, 0.4) is 0 Å². The Balaban J connectivity index is 1.23. The van der Waals surface area contributed by atoms with Gasteiger partial charge in [0.1, 0.15) is 0 Å². The van der Waals surface area contributed by atoms with Crippen molar-refractivity contribution in [3.05, 3.63) is 152 Å². The van der Waals surface area contributed by atoms with E-state index in [1.807, 2.05) is 18.2 Å². The van der Waals surface area contributed by atoms with Crippen molar-refractivity contribution in [2.45, 2.75) is 0 Å². The third-order valence-electron chi connectivity index (χ3n) is 8.66. The molecule has 0 saturated carbocycles. The summed E-state index contributed by atoms with van der Waals surface area (Å²) in [6, 6.07) is 53.3. The van der Waals surface area contributed by atoms with Gasteiger partial charge in [-0.3, -0.25) is 0 Å². The first-order chi connectivity index (χ1) is 21.8. The van der Waals surface area contributed by atoms with Crippen LogP contribution in [-0.2, 0) is 0 Å². The first kappa shape index (κ1) is 24.6. The monoisotopic (exact) mass is 559 g/mol. The molecule has 8 aromatic rings. The molecule has 1 aliphatic rings. The number of hydrogen-bond acceptors (Lipinski definition) is 3. The first-order valence-electron chi connectivity index (χ1n) is 14.9. The Hall–Kier alpha value is -5.93. The topological polar surface area (TPSA) is 38.7 Å². The van der Waals surface area contributed by atoms with E-state index in [-0.39, 0.29) is 0 Å². The summed E-state index contributed by atoms with van der Waals surface area (Å²) < 4.78 is 0. The zero-order valence-corrected chi connectivity index (χ0v) is 23.8. The minimum absolute atomic E-state index is 0.656. The summed E-state index contributed by atoms with van der Waals surface area (Å²) in [5.41, 5.74) is 10.3. The van der Waals surface area contributed by atoms with Crippen LogP contribution in [-0.4, -0.2) is 15.0 Å². The van der Waals surface area contributed by atoms with Crippen LogP contribution in [0, 0.1) is 0 Å². The van der Waals surface area contributed by atoms with Gasteiger partial charge in [-0.15, -0.1) is 0 Å². The third kappa shape index (κ3) is 3.94. The Morgan fingerprint density at radius 3 is 1.70 bits per heavy atom. The molecule has 0 amide bonds. The minimum Gasteiger partial charge on any atom is -0.208 e. The molecule has 3 nitrogen and oxygen atoms in total. The van der Waals surface area contributed by atoms with Crippen molar-refractivity contribution >= 4 is 21.5 Å². The van der Waals surface area contributed by atoms with E-state index >= 15 is 0 Å². The predicted octanol–water partition coefficient (Wildman–Crippen LogP) is 10.5. The number of nitrogens with zero attached hydrogens (tertiary/aromatic N) is 3. The lowest BCUT2D eigenvalue weighted by molar-refractivity contribution is 1.08. The molecule has 1 aromatic heterocycles. The quantitative estimate of drug-likeness (QED) is 0.215. The van der Waals surface area contributed by atoms with Gasteiger partial charge in [-0.1, -0.05) is 133 Å². The largest absolute Gasteiger partial charge is 0.208 e. The van der Waals surface area contributed by atoms with Crippen LogP contribution in [0.5, 0.6) is 0 Å². The molecule has 204 valence electrons. The summed E-state index contributed by atoms with van der Waals surface area (Å²) in [4.78, 5) is 15.2. The van der Waals surface area contributed by atoms with Crippen LogP contribution >= 0.6 is 0 Å². The van der Waals surface area contributed by atoms with Gasteiger partial charge < -0.3 is 0 Å². The number of benzene rings is 7. The molecule has 44 heavy (non-hydrogen) atoms. The highest BCUT2D eigenvalue weighted by molar-refractivity contribution is 6.18. The van der Waals surface area contributed by atoms with E-state index in [1.54, 1.807) is 0 Å². The molecule has 1 heterocycles. The highest BCUT2D eigenvalue weighted by Gasteiger charge is 2.23. The Morgan fingerprint density at radius 2 is 0.864 bits per heavy atom. The Labute approximate surface area is 255 Å². The fourth-order valence-electron chi connectivity index (χ4n) is 6.55. The Kier molecular flexibility index (Phi) is 5.50. The maximum Gasteiger partial charge on any atom is 0.164 e. The third-order valence-corrected chi connectivity index (χ3v) is 8.66. The van der Waals surface area contributed by atoms with Crippen molar-refractivity contribution < 1.29 is 0 Å². The summed E-state index contributed by atoms with van der Waals surface area (Å²) in [6.45, 7) is 0. The van der Waals surface area contributed by atoms with Gasteiger partial charge in [0.15, 0.2) is 17.5 Å². The van der Waals surface area contributed by atoms with Crippen molar-refractivity contribution in [2.24, 2.45) is 0 Å². The van der Waals surface area contributed by atoms with Crippen LogP contribution in [0.2, 0.25) is 0 Å². The van der Waals surface area contributed by atoms with Gasteiger partial charge in [-0.25, -0.2) is 15.0 Å². The molecule has 0 aliphatic heterocycles. The molecule has 0 fully saturated rings. The maximum absolute atomic E-state index is 5.14. The highest BCUT2D eigenvalue weighted by atomic mass is 15.0. The van der Waals surface area contributed by atoms with Crippen molar-refractivity contribution in [1.82, 2.24) is 15.0 Å². The lowest BCUT2D eigenvalue weighted by Crippen LogP contribution is -2.00. The van der Waals surface area contributed by atoms with Gasteiger partial charge in [-0.05, 0) is 73.1 Å². The van der Waals surface area contributed by atoms with Gasteiger partial charge in [0.2, 0.25) is 0 Å². The van der Waals surface area contributed by atoms with E-state index in [2.05, 4.69) is 133 Å².